The Morgan fingerprint density at radius 3 is 2.67 bits per heavy atom. The summed E-state index contributed by atoms with van der Waals surface area (Å²) in [5.74, 6) is 2.16. The average Bonchev–Trinajstić information content (AvgIpc) is 1.61. The van der Waals surface area contributed by atoms with Crippen LogP contribution in [0.3, 0.4) is 0 Å². The van der Waals surface area contributed by atoms with Crippen LogP contribution in [0.5, 0.6) is 0 Å². The minimum absolute atomic E-state index is 1.03. The second-order valence-corrected chi connectivity index (χ2v) is 1.85. The van der Waals surface area contributed by atoms with Gasteiger partial charge in [-0.15, -0.1) is 0 Å². The normalized spacial score (nSPS) is 9.00. The fourth-order valence-electron chi connectivity index (χ4n) is 0.201. The molecule has 0 unspecified atom stereocenters. The summed E-state index contributed by atoms with van der Waals surface area (Å²) in [5, 5.41) is 0. The maximum absolute atomic E-state index is 3.68. The quantitative estimate of drug-likeness (QED) is 0.492. The molecule has 0 spiro atoms. The van der Waals surface area contributed by atoms with Gasteiger partial charge >= 0.3 is 0 Å². The lowest BCUT2D eigenvalue weighted by molar-refractivity contribution is 1.03. The van der Waals surface area contributed by atoms with Crippen molar-refractivity contribution in [3.8, 4) is 0 Å². The highest BCUT2D eigenvalue weighted by molar-refractivity contribution is 8.00. The molecular weight excluding hydrogens is 92.1 g/mol. The van der Waals surface area contributed by atoms with Crippen LogP contribution in [0.2, 0.25) is 0 Å². The highest BCUT2D eigenvalue weighted by Gasteiger charge is 1.76. The summed E-state index contributed by atoms with van der Waals surface area (Å²) in [5.41, 5.74) is 0. The van der Waals surface area contributed by atoms with E-state index in [2.05, 4.69) is 18.9 Å². The standard InChI is InChI=1S/C5H10S/c1-3-4-5-6-2/h5H,1,3-4H2,2H3. The van der Waals surface area contributed by atoms with Crippen molar-refractivity contribution in [1.82, 2.24) is 0 Å². The molecule has 2 radical (unpaired) electrons. The second kappa shape index (κ2) is 5.35. The van der Waals surface area contributed by atoms with Gasteiger partial charge in [0.05, 0.1) is 0 Å². The zero-order chi connectivity index (χ0) is 4.83. The molecule has 0 aromatic rings. The Kier molecular flexibility index (Phi) is 5.66. The van der Waals surface area contributed by atoms with Gasteiger partial charge < -0.3 is 0 Å². The van der Waals surface area contributed by atoms with E-state index in [1.54, 1.807) is 11.8 Å². The highest BCUT2D eigenvalue weighted by atomic mass is 32.2. The van der Waals surface area contributed by atoms with E-state index < -0.39 is 0 Å². The van der Waals surface area contributed by atoms with Crippen molar-refractivity contribution in [2.75, 3.05) is 6.26 Å². The zero-order valence-electron chi connectivity index (χ0n) is 4.11. The average molecular weight is 102 g/mol. The maximum Gasteiger partial charge on any atom is 0.0163 e. The summed E-state index contributed by atoms with van der Waals surface area (Å²) >= 11 is 1.76. The molecule has 0 fully saturated rings. The molecule has 0 bridgehead atoms. The first-order valence-corrected chi connectivity index (χ1v) is 3.34. The van der Waals surface area contributed by atoms with Crippen molar-refractivity contribution in [3.05, 3.63) is 12.7 Å². The predicted octanol–water partition coefficient (Wildman–Crippen LogP) is 2.13. The Morgan fingerprint density at radius 2 is 2.50 bits per heavy atom. The predicted molar refractivity (Wildman–Crippen MR) is 32.4 cm³/mol. The third kappa shape index (κ3) is 4.35. The first-order valence-electron chi connectivity index (χ1n) is 2.05. The Hall–Kier alpha value is 0.350. The Morgan fingerprint density at radius 1 is 1.83 bits per heavy atom. The van der Waals surface area contributed by atoms with Crippen molar-refractivity contribution in [3.63, 3.8) is 0 Å². The molecule has 0 atom stereocenters. The number of hydrogen-bond donors (Lipinski definition) is 0. The van der Waals surface area contributed by atoms with E-state index in [4.69, 9.17) is 0 Å². The highest BCUT2D eigenvalue weighted by Crippen LogP contribution is 2.03. The molecule has 0 saturated heterocycles. The van der Waals surface area contributed by atoms with Crippen LogP contribution in [-0.2, 0) is 0 Å². The van der Waals surface area contributed by atoms with Crippen LogP contribution < -0.4 is 0 Å². The number of rotatable bonds is 3. The first-order chi connectivity index (χ1) is 2.91. The Labute approximate surface area is 44.3 Å². The maximum atomic E-state index is 3.68. The van der Waals surface area contributed by atoms with E-state index in [0.717, 1.165) is 12.8 Å². The molecule has 36 valence electrons. The lowest BCUT2D eigenvalue weighted by Crippen LogP contribution is -1.63. The van der Waals surface area contributed by atoms with Crippen LogP contribution >= 0.6 is 11.8 Å². The summed E-state index contributed by atoms with van der Waals surface area (Å²) in [6.07, 6.45) is 4.23. The summed E-state index contributed by atoms with van der Waals surface area (Å²) in [6.45, 7) is 3.68. The van der Waals surface area contributed by atoms with Gasteiger partial charge in [-0.1, -0.05) is 13.3 Å². The van der Waals surface area contributed by atoms with Gasteiger partial charge in [0.2, 0.25) is 0 Å². The SMILES string of the molecule is [CH2]CC[CH]SC. The topological polar surface area (TPSA) is 0 Å². The largest absolute Gasteiger partial charge is 0.161 e. The van der Waals surface area contributed by atoms with Crippen LogP contribution in [0, 0.1) is 12.7 Å². The van der Waals surface area contributed by atoms with E-state index >= 15 is 0 Å². The molecule has 0 aromatic carbocycles. The van der Waals surface area contributed by atoms with Crippen LogP contribution in [0.15, 0.2) is 0 Å². The van der Waals surface area contributed by atoms with E-state index in [0.29, 0.717) is 0 Å². The van der Waals surface area contributed by atoms with Gasteiger partial charge in [-0.2, -0.15) is 11.8 Å². The van der Waals surface area contributed by atoms with E-state index in [-0.39, 0.29) is 0 Å². The van der Waals surface area contributed by atoms with E-state index in [1.165, 1.54) is 0 Å². The molecule has 0 rings (SSSR count). The molecular formula is C5H10S. The Balaban J connectivity index is 2.34. The zero-order valence-corrected chi connectivity index (χ0v) is 4.92. The van der Waals surface area contributed by atoms with Crippen LogP contribution in [0.1, 0.15) is 12.8 Å². The van der Waals surface area contributed by atoms with Crippen molar-refractivity contribution in [2.24, 2.45) is 0 Å². The third-order valence-corrected chi connectivity index (χ3v) is 1.06. The van der Waals surface area contributed by atoms with Crippen molar-refractivity contribution < 1.29 is 0 Å². The second-order valence-electron chi connectivity index (χ2n) is 1.04. The van der Waals surface area contributed by atoms with Gasteiger partial charge in [-0.25, -0.2) is 0 Å². The Bertz CT molecular complexity index is 15.9. The van der Waals surface area contributed by atoms with Crippen molar-refractivity contribution in [2.45, 2.75) is 12.8 Å². The number of hydrogen-bond acceptors (Lipinski definition) is 1. The van der Waals surface area contributed by atoms with Gasteiger partial charge in [0, 0.05) is 5.75 Å². The molecule has 0 amide bonds. The summed E-state index contributed by atoms with van der Waals surface area (Å²) < 4.78 is 0. The van der Waals surface area contributed by atoms with E-state index in [1.807, 2.05) is 0 Å². The monoisotopic (exact) mass is 102 g/mol. The molecule has 0 aliphatic carbocycles. The van der Waals surface area contributed by atoms with E-state index in [9.17, 15) is 0 Å². The van der Waals surface area contributed by atoms with Gasteiger partial charge in [0.15, 0.2) is 0 Å². The number of thioether (sulfide) groups is 1. The summed E-state index contributed by atoms with van der Waals surface area (Å²) in [6, 6.07) is 0. The molecule has 0 nitrogen and oxygen atoms in total. The molecule has 0 aliphatic rings. The lowest BCUT2D eigenvalue weighted by atomic mass is 10.4. The molecule has 6 heavy (non-hydrogen) atoms. The van der Waals surface area contributed by atoms with Gasteiger partial charge in [-0.05, 0) is 12.7 Å². The molecule has 1 heteroatoms. The molecule has 0 heterocycles. The number of unbranched alkanes of at least 4 members (excludes halogenated alkanes) is 1. The molecule has 0 N–H and O–H groups in total. The van der Waals surface area contributed by atoms with Gasteiger partial charge in [0.1, 0.15) is 0 Å². The first kappa shape index (κ1) is 6.35. The smallest absolute Gasteiger partial charge is 0.0163 e. The van der Waals surface area contributed by atoms with Gasteiger partial charge in [-0.3, -0.25) is 0 Å². The minimum atomic E-state index is 1.03. The van der Waals surface area contributed by atoms with Crippen molar-refractivity contribution in [1.29, 1.82) is 0 Å². The van der Waals surface area contributed by atoms with Crippen molar-refractivity contribution >= 4 is 11.8 Å². The lowest BCUT2D eigenvalue weighted by Gasteiger charge is -1.85. The van der Waals surface area contributed by atoms with Crippen LogP contribution in [0.25, 0.3) is 0 Å². The molecule has 0 saturated carbocycles. The minimum Gasteiger partial charge on any atom is -0.161 e. The fourth-order valence-corrected chi connectivity index (χ4v) is 0.604. The summed E-state index contributed by atoms with van der Waals surface area (Å²) in [7, 11) is 0. The fraction of sp³-hybridized carbons (Fsp3) is 0.600. The van der Waals surface area contributed by atoms with Crippen LogP contribution in [-0.4, -0.2) is 6.26 Å². The third-order valence-electron chi connectivity index (χ3n) is 0.489. The van der Waals surface area contributed by atoms with Gasteiger partial charge in [0.25, 0.3) is 0 Å². The molecule has 0 aliphatic heterocycles. The summed E-state index contributed by atoms with van der Waals surface area (Å²) in [4.78, 5) is 0. The molecule has 0 aromatic heterocycles. The van der Waals surface area contributed by atoms with Crippen LogP contribution in [0.4, 0.5) is 0 Å².